The van der Waals surface area contributed by atoms with E-state index in [9.17, 15) is 14.4 Å². The van der Waals surface area contributed by atoms with Gasteiger partial charge in [0.1, 0.15) is 0 Å². The molecule has 25 heavy (non-hydrogen) atoms. The average Bonchev–Trinajstić information content (AvgIpc) is 2.86. The van der Waals surface area contributed by atoms with Gasteiger partial charge in [0.2, 0.25) is 0 Å². The molecule has 7 heteroatoms. The van der Waals surface area contributed by atoms with Crippen LogP contribution < -0.4 is 10.6 Å². The highest BCUT2D eigenvalue weighted by atomic mass is 35.5. The van der Waals surface area contributed by atoms with E-state index < -0.39 is 11.8 Å². The Hall–Kier alpha value is -2.37. The summed E-state index contributed by atoms with van der Waals surface area (Å²) < 4.78 is 0. The minimum Gasteiger partial charge on any atom is -0.351 e. The Morgan fingerprint density at radius 3 is 2.40 bits per heavy atom. The molecule has 2 aromatic carbocycles. The van der Waals surface area contributed by atoms with Gasteiger partial charge < -0.3 is 5.32 Å². The van der Waals surface area contributed by atoms with Crippen LogP contribution in [0, 0.1) is 0 Å². The molecular formula is C18H14Cl2N2O3. The molecular weight excluding hydrogens is 363 g/mol. The van der Waals surface area contributed by atoms with Gasteiger partial charge in [0.05, 0.1) is 11.1 Å². The van der Waals surface area contributed by atoms with Crippen LogP contribution in [0.25, 0.3) is 0 Å². The fourth-order valence-electron chi connectivity index (χ4n) is 2.74. The van der Waals surface area contributed by atoms with E-state index in [1.54, 1.807) is 18.2 Å². The molecule has 1 aliphatic heterocycles. The first-order valence-electron chi connectivity index (χ1n) is 7.60. The Kier molecular flexibility index (Phi) is 4.79. The summed E-state index contributed by atoms with van der Waals surface area (Å²) >= 11 is 12.4. The van der Waals surface area contributed by atoms with Crippen molar-refractivity contribution in [3.63, 3.8) is 0 Å². The monoisotopic (exact) mass is 376 g/mol. The topological polar surface area (TPSA) is 75.3 Å². The first-order valence-corrected chi connectivity index (χ1v) is 8.36. The number of halogens is 2. The van der Waals surface area contributed by atoms with Gasteiger partial charge in [-0.1, -0.05) is 36.2 Å². The highest BCUT2D eigenvalue weighted by Crippen LogP contribution is 2.31. The molecule has 0 spiro atoms. The number of rotatable bonds is 4. The molecule has 0 saturated heterocycles. The van der Waals surface area contributed by atoms with Gasteiger partial charge in [-0.2, -0.15) is 0 Å². The largest absolute Gasteiger partial charge is 0.351 e. The molecule has 1 aliphatic rings. The van der Waals surface area contributed by atoms with Gasteiger partial charge in [0.15, 0.2) is 0 Å². The van der Waals surface area contributed by atoms with Crippen molar-refractivity contribution in [1.82, 2.24) is 10.6 Å². The maximum absolute atomic E-state index is 12.3. The summed E-state index contributed by atoms with van der Waals surface area (Å²) in [6.07, 6.45) is 0. The van der Waals surface area contributed by atoms with Crippen LogP contribution in [-0.2, 0) is 0 Å². The lowest BCUT2D eigenvalue weighted by molar-refractivity contribution is 0.0878. The van der Waals surface area contributed by atoms with Gasteiger partial charge in [-0.05, 0) is 35.9 Å². The third-order valence-corrected chi connectivity index (χ3v) is 4.72. The summed E-state index contributed by atoms with van der Waals surface area (Å²) in [6, 6.07) is 9.65. The fourth-order valence-corrected chi connectivity index (χ4v) is 3.51. The molecule has 1 atom stereocenters. The maximum Gasteiger partial charge on any atom is 0.258 e. The Labute approximate surface area is 154 Å². The molecule has 1 unspecified atom stereocenters. The van der Waals surface area contributed by atoms with Gasteiger partial charge in [-0.3, -0.25) is 19.7 Å². The van der Waals surface area contributed by atoms with Gasteiger partial charge in [0.25, 0.3) is 17.7 Å². The van der Waals surface area contributed by atoms with Crippen LogP contribution in [0.15, 0.2) is 36.4 Å². The number of benzene rings is 2. The molecule has 1 heterocycles. The standard InChI is InChI=1S/C18H14Cl2N2O3/c1-9(15-13(19)3-2-4-14(15)20)8-21-16(23)10-5-6-11-12(7-10)18(25)22-17(11)24/h2-7,9H,8H2,1H3,(H,21,23)(H,22,24,25). The molecule has 3 amide bonds. The molecule has 128 valence electrons. The second kappa shape index (κ2) is 6.86. The van der Waals surface area contributed by atoms with E-state index in [4.69, 9.17) is 23.2 Å². The lowest BCUT2D eigenvalue weighted by Gasteiger charge is -2.16. The zero-order chi connectivity index (χ0) is 18.1. The average molecular weight is 377 g/mol. The number of amides is 3. The van der Waals surface area contributed by atoms with Crippen molar-refractivity contribution in [1.29, 1.82) is 0 Å². The molecule has 2 aromatic rings. The number of imide groups is 1. The molecule has 0 aliphatic carbocycles. The van der Waals surface area contributed by atoms with Crippen LogP contribution in [0.2, 0.25) is 10.0 Å². The highest BCUT2D eigenvalue weighted by Gasteiger charge is 2.27. The predicted octanol–water partition coefficient (Wildman–Crippen LogP) is 3.41. The van der Waals surface area contributed by atoms with E-state index in [-0.39, 0.29) is 23.0 Å². The lowest BCUT2D eigenvalue weighted by atomic mass is 10.0. The Bertz CT molecular complexity index is 876. The number of hydrogen-bond donors (Lipinski definition) is 2. The minimum atomic E-state index is -0.495. The summed E-state index contributed by atoms with van der Waals surface area (Å²) in [7, 11) is 0. The van der Waals surface area contributed by atoms with E-state index in [0.29, 0.717) is 22.2 Å². The molecule has 5 nitrogen and oxygen atoms in total. The van der Waals surface area contributed by atoms with Crippen LogP contribution in [0.4, 0.5) is 0 Å². The van der Waals surface area contributed by atoms with Gasteiger partial charge >= 0.3 is 0 Å². The third kappa shape index (κ3) is 3.38. The second-order valence-corrected chi connectivity index (χ2v) is 6.60. The number of fused-ring (bicyclic) bond motifs is 1. The Morgan fingerprint density at radius 2 is 1.72 bits per heavy atom. The molecule has 0 fully saturated rings. The van der Waals surface area contributed by atoms with Crippen molar-refractivity contribution in [2.24, 2.45) is 0 Å². The quantitative estimate of drug-likeness (QED) is 0.802. The second-order valence-electron chi connectivity index (χ2n) is 5.79. The fraction of sp³-hybridized carbons (Fsp3) is 0.167. The Balaban J connectivity index is 1.72. The summed E-state index contributed by atoms with van der Waals surface area (Å²) in [5.74, 6) is -1.38. The molecule has 0 bridgehead atoms. The normalized spacial score (nSPS) is 14.0. The van der Waals surface area contributed by atoms with E-state index in [1.807, 2.05) is 6.92 Å². The number of carbonyl (C=O) groups is 3. The first-order chi connectivity index (χ1) is 11.9. The van der Waals surface area contributed by atoms with Crippen molar-refractivity contribution in [2.45, 2.75) is 12.8 Å². The zero-order valence-corrected chi connectivity index (χ0v) is 14.7. The summed E-state index contributed by atoms with van der Waals surface area (Å²) in [4.78, 5) is 35.6. The van der Waals surface area contributed by atoms with Crippen molar-refractivity contribution >= 4 is 40.9 Å². The minimum absolute atomic E-state index is 0.0931. The smallest absolute Gasteiger partial charge is 0.258 e. The lowest BCUT2D eigenvalue weighted by Crippen LogP contribution is -2.28. The Morgan fingerprint density at radius 1 is 1.08 bits per heavy atom. The summed E-state index contributed by atoms with van der Waals surface area (Å²) in [5, 5.41) is 6.08. The van der Waals surface area contributed by atoms with Crippen LogP contribution >= 0.6 is 23.2 Å². The van der Waals surface area contributed by atoms with E-state index in [0.717, 1.165) is 5.56 Å². The number of hydrogen-bond acceptors (Lipinski definition) is 3. The van der Waals surface area contributed by atoms with Crippen molar-refractivity contribution in [3.8, 4) is 0 Å². The van der Waals surface area contributed by atoms with Gasteiger partial charge in [0, 0.05) is 28.1 Å². The van der Waals surface area contributed by atoms with Crippen LogP contribution in [0.5, 0.6) is 0 Å². The van der Waals surface area contributed by atoms with Gasteiger partial charge in [-0.25, -0.2) is 0 Å². The molecule has 0 aromatic heterocycles. The third-order valence-electron chi connectivity index (χ3n) is 4.06. The SMILES string of the molecule is CC(CNC(=O)c1ccc2c(c1)C(=O)NC2=O)c1c(Cl)cccc1Cl. The van der Waals surface area contributed by atoms with Crippen molar-refractivity contribution in [3.05, 3.63) is 68.7 Å². The van der Waals surface area contributed by atoms with Crippen molar-refractivity contribution < 1.29 is 14.4 Å². The maximum atomic E-state index is 12.3. The van der Waals surface area contributed by atoms with Crippen molar-refractivity contribution in [2.75, 3.05) is 6.54 Å². The number of nitrogens with one attached hydrogen (secondary N) is 2. The zero-order valence-electron chi connectivity index (χ0n) is 13.2. The first kappa shape index (κ1) is 17.5. The molecule has 0 radical (unpaired) electrons. The molecule has 2 N–H and O–H groups in total. The predicted molar refractivity (Wildman–Crippen MR) is 95.4 cm³/mol. The van der Waals surface area contributed by atoms with E-state index >= 15 is 0 Å². The molecule has 0 saturated carbocycles. The highest BCUT2D eigenvalue weighted by molar-refractivity contribution is 6.36. The summed E-state index contributed by atoms with van der Waals surface area (Å²) in [5.41, 5.74) is 1.56. The summed E-state index contributed by atoms with van der Waals surface area (Å²) in [6.45, 7) is 2.23. The van der Waals surface area contributed by atoms with Crippen LogP contribution in [-0.4, -0.2) is 24.3 Å². The van der Waals surface area contributed by atoms with Gasteiger partial charge in [-0.15, -0.1) is 0 Å². The van der Waals surface area contributed by atoms with E-state index in [1.165, 1.54) is 18.2 Å². The van der Waals surface area contributed by atoms with Crippen LogP contribution in [0.3, 0.4) is 0 Å². The molecule has 3 rings (SSSR count). The van der Waals surface area contributed by atoms with E-state index in [2.05, 4.69) is 10.6 Å². The number of carbonyl (C=O) groups excluding carboxylic acids is 3. The van der Waals surface area contributed by atoms with Crippen LogP contribution in [0.1, 0.15) is 49.5 Å².